The third-order valence-corrected chi connectivity index (χ3v) is 4.12. The smallest absolute Gasteiger partial charge is 0.344 e. The van der Waals surface area contributed by atoms with Crippen molar-refractivity contribution in [2.45, 2.75) is 24.9 Å². The van der Waals surface area contributed by atoms with Crippen molar-refractivity contribution in [1.82, 2.24) is 14.9 Å². The van der Waals surface area contributed by atoms with Gasteiger partial charge in [0.15, 0.2) is 0 Å². The molecule has 0 aliphatic carbocycles. The minimum absolute atomic E-state index is 0.196. The van der Waals surface area contributed by atoms with Gasteiger partial charge in [-0.2, -0.15) is 0 Å². The molecule has 2 aliphatic rings. The molecule has 1 unspecified atom stereocenters. The van der Waals surface area contributed by atoms with Gasteiger partial charge in [0.1, 0.15) is 11.9 Å². The first kappa shape index (κ1) is 14.6. The summed E-state index contributed by atoms with van der Waals surface area (Å²) >= 11 is 0. The highest BCUT2D eigenvalue weighted by molar-refractivity contribution is 5.97. The fourth-order valence-corrected chi connectivity index (χ4v) is 2.89. The van der Waals surface area contributed by atoms with E-state index in [2.05, 4.69) is 10.3 Å². The first-order valence-corrected chi connectivity index (χ1v) is 7.20. The number of nitrogens with one attached hydrogen (secondary N) is 1. The van der Waals surface area contributed by atoms with Gasteiger partial charge in [-0.15, -0.1) is 0 Å². The molecule has 1 aromatic rings. The average Bonchev–Trinajstić information content (AvgIpc) is 2.72. The predicted octanol–water partition coefficient (Wildman–Crippen LogP) is 0.744. The number of urea groups is 1. The molecule has 2 fully saturated rings. The molecule has 118 valence electrons. The number of pyridine rings is 1. The molecule has 0 saturated carbocycles. The lowest BCUT2D eigenvalue weighted by Crippen LogP contribution is -2.47. The van der Waals surface area contributed by atoms with Crippen LogP contribution in [0.4, 0.5) is 16.3 Å². The zero-order chi connectivity index (χ0) is 15.9. The van der Waals surface area contributed by atoms with Crippen LogP contribution >= 0.6 is 0 Å². The summed E-state index contributed by atoms with van der Waals surface area (Å²) in [4.78, 5) is 31.8. The summed E-state index contributed by atoms with van der Waals surface area (Å²) in [7, 11) is 3.74. The van der Waals surface area contributed by atoms with E-state index >= 15 is 0 Å². The fourth-order valence-electron chi connectivity index (χ4n) is 2.89. The van der Waals surface area contributed by atoms with Gasteiger partial charge in [-0.1, -0.05) is 0 Å². The number of piperidine rings is 1. The number of hydrogen-bond acceptors (Lipinski definition) is 5. The second-order valence-corrected chi connectivity index (χ2v) is 5.81. The molecule has 3 heterocycles. The van der Waals surface area contributed by atoms with Gasteiger partial charge < -0.3 is 15.1 Å². The molecule has 2 atom stereocenters. The van der Waals surface area contributed by atoms with Crippen LogP contribution in [-0.2, 0) is 4.79 Å². The van der Waals surface area contributed by atoms with E-state index in [4.69, 9.17) is 0 Å². The van der Waals surface area contributed by atoms with Crippen LogP contribution in [0.15, 0.2) is 18.3 Å². The summed E-state index contributed by atoms with van der Waals surface area (Å²) in [5, 5.41) is 13.2. The minimum atomic E-state index is -0.545. The lowest BCUT2D eigenvalue weighted by molar-refractivity contribution is -0.120. The maximum absolute atomic E-state index is 12.4. The number of amides is 3. The number of fused-ring (bicyclic) bond motifs is 2. The zero-order valence-electron chi connectivity index (χ0n) is 12.6. The molecule has 2 N–H and O–H groups in total. The molecule has 2 bridgehead atoms. The Morgan fingerprint density at radius 1 is 1.45 bits per heavy atom. The predicted molar refractivity (Wildman–Crippen MR) is 79.7 cm³/mol. The second kappa shape index (κ2) is 5.45. The fraction of sp³-hybridized carbons (Fsp3) is 0.500. The summed E-state index contributed by atoms with van der Waals surface area (Å²) in [5.74, 6) is 0.498. The third-order valence-electron chi connectivity index (χ3n) is 4.12. The highest BCUT2D eigenvalue weighted by atomic mass is 16.5. The van der Waals surface area contributed by atoms with Crippen molar-refractivity contribution in [2.75, 3.05) is 30.9 Å². The molecular weight excluding hydrogens is 286 g/mol. The first-order chi connectivity index (χ1) is 10.5. The topological polar surface area (TPSA) is 89.0 Å². The normalized spacial score (nSPS) is 23.7. The number of aromatic nitrogens is 1. The van der Waals surface area contributed by atoms with E-state index in [0.717, 1.165) is 10.9 Å². The van der Waals surface area contributed by atoms with Crippen molar-refractivity contribution in [3.63, 3.8) is 0 Å². The third kappa shape index (κ3) is 2.45. The molecule has 2 saturated heterocycles. The molecule has 0 radical (unpaired) electrons. The highest BCUT2D eigenvalue weighted by Crippen LogP contribution is 2.29. The number of carbonyl (C=O) groups is 2. The molecule has 3 amide bonds. The Morgan fingerprint density at radius 2 is 2.23 bits per heavy atom. The van der Waals surface area contributed by atoms with E-state index in [9.17, 15) is 14.8 Å². The van der Waals surface area contributed by atoms with Gasteiger partial charge in [0.25, 0.3) is 0 Å². The maximum Gasteiger partial charge on any atom is 0.344 e. The van der Waals surface area contributed by atoms with Crippen LogP contribution in [-0.4, -0.2) is 64.8 Å². The molecule has 3 rings (SSSR count). The van der Waals surface area contributed by atoms with E-state index in [1.54, 1.807) is 18.3 Å². The number of nitrogens with zero attached hydrogens (tertiary/aromatic N) is 4. The van der Waals surface area contributed by atoms with E-state index in [1.807, 2.05) is 19.0 Å². The molecule has 1 aromatic heterocycles. The molecule has 2 aliphatic heterocycles. The van der Waals surface area contributed by atoms with Gasteiger partial charge in [0.2, 0.25) is 5.91 Å². The monoisotopic (exact) mass is 305 g/mol. The molecule has 0 aromatic carbocycles. The minimum Gasteiger partial charge on any atom is -0.363 e. The Bertz CT molecular complexity index is 606. The van der Waals surface area contributed by atoms with Crippen molar-refractivity contribution in [2.24, 2.45) is 0 Å². The Balaban J connectivity index is 1.72. The Hall–Kier alpha value is -2.35. The van der Waals surface area contributed by atoms with Crippen LogP contribution in [0.5, 0.6) is 0 Å². The van der Waals surface area contributed by atoms with Crippen molar-refractivity contribution in [3.05, 3.63) is 18.3 Å². The maximum atomic E-state index is 12.4. The number of anilines is 2. The van der Waals surface area contributed by atoms with Gasteiger partial charge in [-0.3, -0.25) is 10.0 Å². The molecule has 22 heavy (non-hydrogen) atoms. The van der Waals surface area contributed by atoms with Gasteiger partial charge in [-0.25, -0.2) is 14.8 Å². The summed E-state index contributed by atoms with van der Waals surface area (Å²) in [6, 6.07) is 2.25. The van der Waals surface area contributed by atoms with E-state index in [-0.39, 0.29) is 11.9 Å². The number of carbonyl (C=O) groups excluding carboxylic acids is 2. The molecule has 0 spiro atoms. The van der Waals surface area contributed by atoms with Gasteiger partial charge in [0.05, 0.1) is 6.04 Å². The van der Waals surface area contributed by atoms with Gasteiger partial charge in [-0.05, 0) is 18.9 Å². The van der Waals surface area contributed by atoms with Crippen molar-refractivity contribution in [3.8, 4) is 0 Å². The van der Waals surface area contributed by atoms with Gasteiger partial charge in [0, 0.05) is 38.6 Å². The van der Waals surface area contributed by atoms with Crippen LogP contribution in [0, 0.1) is 0 Å². The Kier molecular flexibility index (Phi) is 3.61. The summed E-state index contributed by atoms with van der Waals surface area (Å²) < 4.78 is 0. The zero-order valence-corrected chi connectivity index (χ0v) is 12.6. The largest absolute Gasteiger partial charge is 0.363 e. The molecule has 8 nitrogen and oxygen atoms in total. The highest BCUT2D eigenvalue weighted by Gasteiger charge is 2.46. The van der Waals surface area contributed by atoms with Crippen LogP contribution < -0.4 is 10.2 Å². The van der Waals surface area contributed by atoms with E-state index in [1.165, 1.54) is 4.90 Å². The average molecular weight is 305 g/mol. The SMILES string of the molecule is CN(C)c1cc(NC(=O)[C@@H]2CCC3CN2C(=O)N3O)ccn1. The standard InChI is InChI=1S/C14H19N5O3/c1-17(2)12-7-9(5-6-15-12)16-13(20)11-4-3-10-8-18(11)14(21)19(10)22/h5-7,10-11,22H,3-4,8H2,1-2H3,(H,15,16,20)/t10?,11-/m0/s1. The van der Waals surface area contributed by atoms with Crippen molar-refractivity contribution >= 4 is 23.4 Å². The van der Waals surface area contributed by atoms with Gasteiger partial charge >= 0.3 is 6.03 Å². The number of hydroxylamine groups is 2. The van der Waals surface area contributed by atoms with Crippen molar-refractivity contribution < 1.29 is 14.8 Å². The Labute approximate surface area is 128 Å². The number of hydrogen-bond donors (Lipinski definition) is 2. The summed E-state index contributed by atoms with van der Waals surface area (Å²) in [6.07, 6.45) is 2.79. The van der Waals surface area contributed by atoms with E-state index in [0.29, 0.717) is 25.1 Å². The van der Waals surface area contributed by atoms with Crippen LogP contribution in [0.25, 0.3) is 0 Å². The molecular formula is C14H19N5O3. The number of rotatable bonds is 3. The van der Waals surface area contributed by atoms with Crippen LogP contribution in [0.2, 0.25) is 0 Å². The molecule has 8 heteroatoms. The quantitative estimate of drug-likeness (QED) is 0.804. The Morgan fingerprint density at radius 3 is 2.95 bits per heavy atom. The lowest BCUT2D eigenvalue weighted by Gasteiger charge is -2.29. The summed E-state index contributed by atoms with van der Waals surface area (Å²) in [5.41, 5.74) is 0.637. The lowest BCUT2D eigenvalue weighted by atomic mass is 10.0. The summed E-state index contributed by atoms with van der Waals surface area (Å²) in [6.45, 7) is 0.396. The van der Waals surface area contributed by atoms with Crippen molar-refractivity contribution in [1.29, 1.82) is 0 Å². The van der Waals surface area contributed by atoms with Crippen LogP contribution in [0.1, 0.15) is 12.8 Å². The van der Waals surface area contributed by atoms with E-state index < -0.39 is 12.1 Å². The van der Waals surface area contributed by atoms with Crippen LogP contribution in [0.3, 0.4) is 0 Å². The first-order valence-electron chi connectivity index (χ1n) is 7.20. The second-order valence-electron chi connectivity index (χ2n) is 5.81.